The Bertz CT molecular complexity index is 171. The quantitative estimate of drug-likeness (QED) is 0.572. The molecule has 11 heavy (non-hydrogen) atoms. The molecule has 2 aliphatic carbocycles. The second-order valence-electron chi connectivity index (χ2n) is 3.37. The van der Waals surface area contributed by atoms with E-state index in [0.717, 1.165) is 0 Å². The molecule has 0 aromatic rings. The predicted octanol–water partition coefficient (Wildman–Crippen LogP) is 0.550. The van der Waals surface area contributed by atoms with E-state index in [-0.39, 0.29) is 25.1 Å². The molecule has 2 aliphatic rings. The van der Waals surface area contributed by atoms with Gasteiger partial charge in [-0.2, -0.15) is 0 Å². The van der Waals surface area contributed by atoms with E-state index in [2.05, 4.69) is 12.2 Å². The highest BCUT2D eigenvalue weighted by Crippen LogP contribution is 2.42. The van der Waals surface area contributed by atoms with Gasteiger partial charge in [-0.3, -0.25) is 0 Å². The molecule has 0 heterocycles. The van der Waals surface area contributed by atoms with Crippen molar-refractivity contribution >= 4 is 12.4 Å². The molecule has 0 aliphatic heterocycles. The van der Waals surface area contributed by atoms with Gasteiger partial charge >= 0.3 is 0 Å². The largest absolute Gasteiger partial charge is 0.396 e. The van der Waals surface area contributed by atoms with Crippen LogP contribution in [0.2, 0.25) is 0 Å². The fraction of sp³-hybridized carbons (Fsp3) is 0.750. The zero-order valence-corrected chi connectivity index (χ0v) is 7.13. The molecule has 0 aromatic carbocycles. The third kappa shape index (κ3) is 1.19. The first-order valence-electron chi connectivity index (χ1n) is 3.87. The maximum Gasteiger partial charge on any atom is 0.0479 e. The monoisotopic (exact) mass is 175 g/mol. The molecule has 0 radical (unpaired) electrons. The summed E-state index contributed by atoms with van der Waals surface area (Å²) in [7, 11) is 0. The molecule has 2 bridgehead atoms. The number of allylic oxidation sites excluding steroid dienone is 1. The van der Waals surface area contributed by atoms with Crippen LogP contribution in [0.15, 0.2) is 12.2 Å². The summed E-state index contributed by atoms with van der Waals surface area (Å²) in [4.78, 5) is 0. The van der Waals surface area contributed by atoms with Gasteiger partial charge < -0.3 is 10.8 Å². The smallest absolute Gasteiger partial charge is 0.0479 e. The number of aliphatic hydroxyl groups excluding tert-OH is 1. The number of nitrogens with two attached hydrogens (primary N) is 1. The number of fused-ring (bicyclic) bond motifs is 2. The molecule has 1 saturated carbocycles. The molecule has 3 N–H and O–H groups in total. The van der Waals surface area contributed by atoms with Crippen LogP contribution in [-0.2, 0) is 0 Å². The van der Waals surface area contributed by atoms with E-state index in [1.165, 1.54) is 6.42 Å². The first-order chi connectivity index (χ1) is 4.83. The first kappa shape index (κ1) is 9.04. The molecule has 64 valence electrons. The molecule has 3 heteroatoms. The molecular weight excluding hydrogens is 162 g/mol. The molecule has 4 atom stereocenters. The normalized spacial score (nSPS) is 46.0. The Morgan fingerprint density at radius 1 is 1.36 bits per heavy atom. The van der Waals surface area contributed by atoms with Gasteiger partial charge in [0.2, 0.25) is 0 Å². The third-order valence-electron chi connectivity index (χ3n) is 2.90. The average Bonchev–Trinajstić information content (AvgIpc) is 2.46. The van der Waals surface area contributed by atoms with Gasteiger partial charge in [0.05, 0.1) is 0 Å². The van der Waals surface area contributed by atoms with E-state index < -0.39 is 0 Å². The zero-order chi connectivity index (χ0) is 7.14. The van der Waals surface area contributed by atoms with Crippen LogP contribution in [0.4, 0.5) is 0 Å². The Morgan fingerprint density at radius 3 is 2.36 bits per heavy atom. The second-order valence-corrected chi connectivity index (χ2v) is 3.37. The SMILES string of the molecule is Cl.N[C@@H]1[C@H](CO)[C@@H]2C=C[C@H]1C2. The van der Waals surface area contributed by atoms with E-state index in [0.29, 0.717) is 17.8 Å². The van der Waals surface area contributed by atoms with Gasteiger partial charge in [0.25, 0.3) is 0 Å². The summed E-state index contributed by atoms with van der Waals surface area (Å²) < 4.78 is 0. The Balaban J connectivity index is 0.000000605. The molecule has 0 unspecified atom stereocenters. The average molecular weight is 176 g/mol. The Kier molecular flexibility index (Phi) is 2.58. The number of aliphatic hydroxyl groups is 1. The molecule has 0 spiro atoms. The molecule has 0 saturated heterocycles. The summed E-state index contributed by atoms with van der Waals surface area (Å²) >= 11 is 0. The molecular formula is C8H14ClNO. The highest BCUT2D eigenvalue weighted by atomic mass is 35.5. The van der Waals surface area contributed by atoms with Crippen molar-refractivity contribution in [1.82, 2.24) is 0 Å². The molecule has 2 rings (SSSR count). The minimum absolute atomic E-state index is 0. The Morgan fingerprint density at radius 2 is 2.00 bits per heavy atom. The summed E-state index contributed by atoms with van der Waals surface area (Å²) in [6, 6.07) is 0.222. The lowest BCUT2D eigenvalue weighted by molar-refractivity contribution is 0.193. The lowest BCUT2D eigenvalue weighted by atomic mass is 9.90. The molecule has 0 amide bonds. The van der Waals surface area contributed by atoms with Crippen molar-refractivity contribution in [2.75, 3.05) is 6.61 Å². The van der Waals surface area contributed by atoms with Gasteiger partial charge in [0.1, 0.15) is 0 Å². The van der Waals surface area contributed by atoms with Gasteiger partial charge in [-0.15, -0.1) is 12.4 Å². The molecule has 0 aromatic heterocycles. The van der Waals surface area contributed by atoms with Crippen LogP contribution in [0.25, 0.3) is 0 Å². The van der Waals surface area contributed by atoms with Gasteiger partial charge in [-0.05, 0) is 18.3 Å². The molecule has 2 nitrogen and oxygen atoms in total. The lowest BCUT2D eigenvalue weighted by Gasteiger charge is -2.21. The van der Waals surface area contributed by atoms with Crippen LogP contribution in [0.5, 0.6) is 0 Å². The van der Waals surface area contributed by atoms with Gasteiger partial charge in [0.15, 0.2) is 0 Å². The first-order valence-corrected chi connectivity index (χ1v) is 3.87. The van der Waals surface area contributed by atoms with Crippen molar-refractivity contribution in [2.24, 2.45) is 23.5 Å². The summed E-state index contributed by atoms with van der Waals surface area (Å²) in [5.41, 5.74) is 5.86. The van der Waals surface area contributed by atoms with E-state index in [1.54, 1.807) is 0 Å². The van der Waals surface area contributed by atoms with Crippen LogP contribution in [-0.4, -0.2) is 17.8 Å². The predicted molar refractivity (Wildman–Crippen MR) is 46.5 cm³/mol. The van der Waals surface area contributed by atoms with Crippen molar-refractivity contribution in [3.8, 4) is 0 Å². The third-order valence-corrected chi connectivity index (χ3v) is 2.90. The van der Waals surface area contributed by atoms with Gasteiger partial charge in [0, 0.05) is 18.6 Å². The van der Waals surface area contributed by atoms with Crippen LogP contribution >= 0.6 is 12.4 Å². The lowest BCUT2D eigenvalue weighted by Crippen LogP contribution is -2.35. The van der Waals surface area contributed by atoms with Crippen molar-refractivity contribution < 1.29 is 5.11 Å². The second kappa shape index (κ2) is 3.13. The summed E-state index contributed by atoms with van der Waals surface area (Å²) in [6.07, 6.45) is 5.57. The topological polar surface area (TPSA) is 46.2 Å². The van der Waals surface area contributed by atoms with Crippen molar-refractivity contribution in [2.45, 2.75) is 12.5 Å². The standard InChI is InChI=1S/C8H13NO.ClH/c9-8-6-2-1-5(3-6)7(8)4-10;/h1-2,5-8,10H,3-4,9H2;1H/t5-,6+,7-,8+;/m1./s1. The minimum atomic E-state index is 0. The van der Waals surface area contributed by atoms with Crippen LogP contribution in [0.1, 0.15) is 6.42 Å². The number of hydrogen-bond acceptors (Lipinski definition) is 2. The van der Waals surface area contributed by atoms with Crippen molar-refractivity contribution in [3.05, 3.63) is 12.2 Å². The van der Waals surface area contributed by atoms with Crippen molar-refractivity contribution in [1.29, 1.82) is 0 Å². The summed E-state index contributed by atoms with van der Waals surface area (Å²) in [5, 5.41) is 8.94. The summed E-state index contributed by atoms with van der Waals surface area (Å²) in [6.45, 7) is 0.257. The van der Waals surface area contributed by atoms with E-state index in [9.17, 15) is 0 Å². The van der Waals surface area contributed by atoms with E-state index in [4.69, 9.17) is 10.8 Å². The maximum absolute atomic E-state index is 8.94. The number of rotatable bonds is 1. The van der Waals surface area contributed by atoms with E-state index in [1.807, 2.05) is 0 Å². The van der Waals surface area contributed by atoms with Crippen LogP contribution in [0.3, 0.4) is 0 Å². The maximum atomic E-state index is 8.94. The van der Waals surface area contributed by atoms with Crippen LogP contribution in [0, 0.1) is 17.8 Å². The minimum Gasteiger partial charge on any atom is -0.396 e. The van der Waals surface area contributed by atoms with Crippen LogP contribution < -0.4 is 5.73 Å². The zero-order valence-electron chi connectivity index (χ0n) is 6.31. The number of hydrogen-bond donors (Lipinski definition) is 2. The van der Waals surface area contributed by atoms with E-state index >= 15 is 0 Å². The summed E-state index contributed by atoms with van der Waals surface area (Å²) in [5.74, 6) is 1.47. The Hall–Kier alpha value is -0.0500. The highest BCUT2D eigenvalue weighted by molar-refractivity contribution is 5.85. The number of halogens is 1. The highest BCUT2D eigenvalue weighted by Gasteiger charge is 2.41. The fourth-order valence-electron chi connectivity index (χ4n) is 2.22. The van der Waals surface area contributed by atoms with Crippen molar-refractivity contribution in [3.63, 3.8) is 0 Å². The fourth-order valence-corrected chi connectivity index (χ4v) is 2.22. The Labute approximate surface area is 72.9 Å². The molecule has 1 fully saturated rings. The van der Waals surface area contributed by atoms with Gasteiger partial charge in [-0.1, -0.05) is 12.2 Å². The van der Waals surface area contributed by atoms with Gasteiger partial charge in [-0.25, -0.2) is 0 Å².